The fourth-order valence-corrected chi connectivity index (χ4v) is 1.58. The minimum absolute atomic E-state index is 0.581. The molecule has 97 valence electrons. The summed E-state index contributed by atoms with van der Waals surface area (Å²) in [7, 11) is 0. The molecule has 4 heteroatoms. The zero-order chi connectivity index (χ0) is 13.7. The van der Waals surface area contributed by atoms with Crippen LogP contribution >= 0.6 is 11.6 Å². The first-order valence-electron chi connectivity index (χ1n) is 5.75. The first-order valence-corrected chi connectivity index (χ1v) is 6.13. The van der Waals surface area contributed by atoms with E-state index in [0.29, 0.717) is 22.3 Å². The van der Waals surface area contributed by atoms with Crippen molar-refractivity contribution in [1.82, 2.24) is 0 Å². The fourth-order valence-electron chi connectivity index (χ4n) is 1.45. The SMILES string of the molecule is CC([C]=O)Oc1ccc(Oc2ccc(Cl)cc2)cc1. The highest BCUT2D eigenvalue weighted by molar-refractivity contribution is 6.30. The third-order valence-electron chi connectivity index (χ3n) is 2.35. The number of ether oxygens (including phenoxy) is 2. The van der Waals surface area contributed by atoms with Crippen molar-refractivity contribution in [1.29, 1.82) is 0 Å². The van der Waals surface area contributed by atoms with Crippen molar-refractivity contribution in [3.63, 3.8) is 0 Å². The second-order valence-corrected chi connectivity index (χ2v) is 4.34. The molecule has 1 unspecified atom stereocenters. The van der Waals surface area contributed by atoms with Crippen LogP contribution in [0.25, 0.3) is 0 Å². The maximum Gasteiger partial charge on any atom is 0.242 e. The van der Waals surface area contributed by atoms with Crippen molar-refractivity contribution < 1.29 is 14.3 Å². The topological polar surface area (TPSA) is 35.5 Å². The predicted octanol–water partition coefficient (Wildman–Crippen LogP) is 4.01. The lowest BCUT2D eigenvalue weighted by molar-refractivity contribution is 0.278. The molecule has 0 spiro atoms. The number of halogens is 1. The zero-order valence-electron chi connectivity index (χ0n) is 10.3. The van der Waals surface area contributed by atoms with Crippen LogP contribution in [0.15, 0.2) is 48.5 Å². The van der Waals surface area contributed by atoms with Crippen LogP contribution in [0.3, 0.4) is 0 Å². The number of carbonyl (C=O) groups excluding carboxylic acids is 1. The minimum atomic E-state index is -0.581. The van der Waals surface area contributed by atoms with Crippen LogP contribution in [0.2, 0.25) is 5.02 Å². The smallest absolute Gasteiger partial charge is 0.242 e. The van der Waals surface area contributed by atoms with E-state index in [1.54, 1.807) is 61.7 Å². The summed E-state index contributed by atoms with van der Waals surface area (Å²) in [5.41, 5.74) is 0. The van der Waals surface area contributed by atoms with Crippen LogP contribution < -0.4 is 9.47 Å². The van der Waals surface area contributed by atoms with Gasteiger partial charge in [-0.3, -0.25) is 4.79 Å². The summed E-state index contributed by atoms with van der Waals surface area (Å²) in [6.45, 7) is 1.63. The standard InChI is InChI=1S/C15H12ClO3/c1-11(10-17)18-13-6-8-15(9-7-13)19-14-4-2-12(16)3-5-14/h2-9,11H,1H3. The molecule has 2 rings (SSSR count). The van der Waals surface area contributed by atoms with Gasteiger partial charge in [0.25, 0.3) is 0 Å². The van der Waals surface area contributed by atoms with Gasteiger partial charge in [-0.25, -0.2) is 0 Å². The van der Waals surface area contributed by atoms with Crippen molar-refractivity contribution >= 4 is 17.9 Å². The van der Waals surface area contributed by atoms with Gasteiger partial charge in [-0.1, -0.05) is 11.6 Å². The summed E-state index contributed by atoms with van der Waals surface area (Å²) >= 11 is 5.79. The van der Waals surface area contributed by atoms with E-state index < -0.39 is 6.10 Å². The molecular formula is C15H12ClO3. The molecule has 0 bridgehead atoms. The molecule has 2 aromatic carbocycles. The van der Waals surface area contributed by atoms with Gasteiger partial charge in [0.05, 0.1) is 0 Å². The van der Waals surface area contributed by atoms with E-state index >= 15 is 0 Å². The lowest BCUT2D eigenvalue weighted by Gasteiger charge is -2.09. The van der Waals surface area contributed by atoms with E-state index in [1.165, 1.54) is 0 Å². The Balaban J connectivity index is 2.02. The van der Waals surface area contributed by atoms with Gasteiger partial charge in [0.2, 0.25) is 6.29 Å². The number of hydrogen-bond donors (Lipinski definition) is 0. The molecule has 0 saturated heterocycles. The molecule has 0 aliphatic carbocycles. The molecule has 0 aromatic heterocycles. The van der Waals surface area contributed by atoms with Crippen LogP contribution in [0.1, 0.15) is 6.92 Å². The van der Waals surface area contributed by atoms with Crippen molar-refractivity contribution in [2.75, 3.05) is 0 Å². The predicted molar refractivity (Wildman–Crippen MR) is 73.8 cm³/mol. The average Bonchev–Trinajstić information content (AvgIpc) is 2.43. The Bertz CT molecular complexity index is 534. The molecule has 0 aliphatic heterocycles. The Morgan fingerprint density at radius 2 is 1.42 bits per heavy atom. The lowest BCUT2D eigenvalue weighted by atomic mass is 10.3. The summed E-state index contributed by atoms with van der Waals surface area (Å²) in [6.07, 6.45) is 1.18. The van der Waals surface area contributed by atoms with E-state index in [1.807, 2.05) is 0 Å². The van der Waals surface area contributed by atoms with Gasteiger partial charge in [0, 0.05) is 5.02 Å². The largest absolute Gasteiger partial charge is 0.482 e. The molecule has 0 aliphatic rings. The summed E-state index contributed by atoms with van der Waals surface area (Å²) < 4.78 is 10.9. The van der Waals surface area contributed by atoms with Crippen LogP contribution in [0.4, 0.5) is 0 Å². The van der Waals surface area contributed by atoms with E-state index in [0.717, 1.165) is 0 Å². The highest BCUT2D eigenvalue weighted by Crippen LogP contribution is 2.25. The van der Waals surface area contributed by atoms with Crippen LogP contribution in [0, 0.1) is 0 Å². The van der Waals surface area contributed by atoms with E-state index in [9.17, 15) is 4.79 Å². The lowest BCUT2D eigenvalue weighted by Crippen LogP contribution is -2.12. The highest BCUT2D eigenvalue weighted by Gasteiger charge is 2.03. The Hall–Kier alpha value is -2.00. The van der Waals surface area contributed by atoms with E-state index in [-0.39, 0.29) is 0 Å². The number of benzene rings is 2. The third kappa shape index (κ3) is 4.00. The molecule has 0 fully saturated rings. The fraction of sp³-hybridized carbons (Fsp3) is 0.133. The Labute approximate surface area is 116 Å². The molecule has 0 amide bonds. The number of rotatable bonds is 5. The normalized spacial score (nSPS) is 11.7. The molecule has 19 heavy (non-hydrogen) atoms. The maximum absolute atomic E-state index is 10.4. The van der Waals surface area contributed by atoms with Crippen LogP contribution in [-0.4, -0.2) is 12.4 Å². The van der Waals surface area contributed by atoms with E-state index in [4.69, 9.17) is 21.1 Å². The molecule has 1 radical (unpaired) electrons. The van der Waals surface area contributed by atoms with Gasteiger partial charge in [-0.2, -0.15) is 0 Å². The summed E-state index contributed by atoms with van der Waals surface area (Å²) in [4.78, 5) is 10.4. The van der Waals surface area contributed by atoms with Crippen molar-refractivity contribution in [2.45, 2.75) is 13.0 Å². The first kappa shape index (κ1) is 13.4. The average molecular weight is 276 g/mol. The minimum Gasteiger partial charge on any atom is -0.482 e. The van der Waals surface area contributed by atoms with Gasteiger partial charge in [0.1, 0.15) is 17.2 Å². The van der Waals surface area contributed by atoms with Gasteiger partial charge < -0.3 is 9.47 Å². The second kappa shape index (κ2) is 6.25. The summed E-state index contributed by atoms with van der Waals surface area (Å²) in [5, 5.41) is 0.662. The van der Waals surface area contributed by atoms with Gasteiger partial charge in [0.15, 0.2) is 6.10 Å². The maximum atomic E-state index is 10.4. The molecule has 3 nitrogen and oxygen atoms in total. The van der Waals surface area contributed by atoms with Crippen molar-refractivity contribution in [3.05, 3.63) is 53.6 Å². The highest BCUT2D eigenvalue weighted by atomic mass is 35.5. The van der Waals surface area contributed by atoms with Crippen molar-refractivity contribution in [3.8, 4) is 17.2 Å². The molecule has 0 saturated carbocycles. The summed E-state index contributed by atoms with van der Waals surface area (Å²) in [6, 6.07) is 14.1. The Morgan fingerprint density at radius 3 is 1.95 bits per heavy atom. The monoisotopic (exact) mass is 275 g/mol. The second-order valence-electron chi connectivity index (χ2n) is 3.91. The molecule has 1 atom stereocenters. The van der Waals surface area contributed by atoms with Gasteiger partial charge in [-0.15, -0.1) is 0 Å². The van der Waals surface area contributed by atoms with Gasteiger partial charge in [-0.05, 0) is 55.5 Å². The first-order chi connectivity index (χ1) is 9.17. The zero-order valence-corrected chi connectivity index (χ0v) is 11.1. The van der Waals surface area contributed by atoms with Crippen LogP contribution in [0.5, 0.6) is 17.2 Å². The Kier molecular flexibility index (Phi) is 4.42. The third-order valence-corrected chi connectivity index (χ3v) is 2.60. The molecule has 2 aromatic rings. The van der Waals surface area contributed by atoms with Crippen molar-refractivity contribution in [2.24, 2.45) is 0 Å². The molecule has 0 N–H and O–H groups in total. The number of hydrogen-bond acceptors (Lipinski definition) is 3. The molecular weight excluding hydrogens is 264 g/mol. The van der Waals surface area contributed by atoms with E-state index in [2.05, 4.69) is 0 Å². The quantitative estimate of drug-likeness (QED) is 0.827. The van der Waals surface area contributed by atoms with Gasteiger partial charge >= 0.3 is 0 Å². The summed E-state index contributed by atoms with van der Waals surface area (Å²) in [5.74, 6) is 1.98. The molecule has 0 heterocycles. The van der Waals surface area contributed by atoms with Crippen LogP contribution in [-0.2, 0) is 4.79 Å². The Morgan fingerprint density at radius 1 is 0.947 bits per heavy atom.